The summed E-state index contributed by atoms with van der Waals surface area (Å²) in [4.78, 5) is 16.4. The minimum atomic E-state index is 0.370. The first kappa shape index (κ1) is 25.7. The Hall–Kier alpha value is -3.43. The zero-order valence-electron chi connectivity index (χ0n) is 21.6. The van der Waals surface area contributed by atoms with Crippen LogP contribution in [0.25, 0.3) is 16.6 Å². The number of piperazine rings is 1. The summed E-state index contributed by atoms with van der Waals surface area (Å²) >= 11 is 0. The van der Waals surface area contributed by atoms with Crippen molar-refractivity contribution in [1.82, 2.24) is 30.4 Å². The van der Waals surface area contributed by atoms with Crippen LogP contribution in [0.1, 0.15) is 51.2 Å². The topological polar surface area (TPSA) is 117 Å². The molecule has 0 unspecified atom stereocenters. The number of rotatable bonds is 9. The second-order valence-corrected chi connectivity index (χ2v) is 9.85. The standard InChI is InChI=1S/C27H37N9/c1-18(2)21-11-27(35-31-15-21)34-26-7-6-24-25(33-26)10-22(14-30-24)23(12-28)13-29-8-5-9-36-16-19(3)32-20(4)17-36/h6-7,10-15,18-20,32H,5,8-9,16-17,28H2,1-4H3,(H,33,34,35)/t19-,20+. The van der Waals surface area contributed by atoms with Gasteiger partial charge in [-0.3, -0.25) is 9.98 Å². The molecule has 0 radical (unpaired) electrons. The van der Waals surface area contributed by atoms with E-state index in [1.165, 1.54) is 0 Å². The summed E-state index contributed by atoms with van der Waals surface area (Å²) in [6, 6.07) is 8.87. The molecule has 4 heterocycles. The van der Waals surface area contributed by atoms with E-state index >= 15 is 0 Å². The number of aromatic nitrogens is 4. The maximum atomic E-state index is 5.94. The number of nitrogens with zero attached hydrogens (tertiary/aromatic N) is 6. The fourth-order valence-electron chi connectivity index (χ4n) is 4.51. The monoisotopic (exact) mass is 487 g/mol. The predicted octanol–water partition coefficient (Wildman–Crippen LogP) is 3.73. The predicted molar refractivity (Wildman–Crippen MR) is 148 cm³/mol. The van der Waals surface area contributed by atoms with Crippen LogP contribution in [0.3, 0.4) is 0 Å². The molecule has 0 aromatic carbocycles. The van der Waals surface area contributed by atoms with Crippen molar-refractivity contribution in [3.8, 4) is 0 Å². The average Bonchev–Trinajstić information content (AvgIpc) is 2.85. The van der Waals surface area contributed by atoms with Gasteiger partial charge in [0.15, 0.2) is 5.82 Å². The van der Waals surface area contributed by atoms with Crippen LogP contribution in [0.2, 0.25) is 0 Å². The highest BCUT2D eigenvalue weighted by atomic mass is 15.2. The molecule has 0 spiro atoms. The van der Waals surface area contributed by atoms with E-state index in [1.807, 2.05) is 36.7 Å². The zero-order valence-corrected chi connectivity index (χ0v) is 21.6. The molecule has 190 valence electrons. The molecule has 9 heteroatoms. The minimum Gasteiger partial charge on any atom is -0.404 e. The molecule has 3 aromatic heterocycles. The molecule has 1 aliphatic heterocycles. The maximum Gasteiger partial charge on any atom is 0.154 e. The molecular weight excluding hydrogens is 450 g/mol. The molecule has 0 saturated carbocycles. The molecular formula is C27H37N9. The van der Waals surface area contributed by atoms with Crippen molar-refractivity contribution in [2.75, 3.05) is 31.5 Å². The summed E-state index contributed by atoms with van der Waals surface area (Å²) in [6.45, 7) is 12.7. The third-order valence-electron chi connectivity index (χ3n) is 6.27. The van der Waals surface area contributed by atoms with Gasteiger partial charge in [0.1, 0.15) is 5.82 Å². The van der Waals surface area contributed by atoms with Gasteiger partial charge in [0, 0.05) is 68.0 Å². The van der Waals surface area contributed by atoms with Crippen LogP contribution in [-0.2, 0) is 0 Å². The number of allylic oxidation sites excluding steroid dienone is 1. The molecule has 9 nitrogen and oxygen atoms in total. The van der Waals surface area contributed by atoms with Gasteiger partial charge in [0.25, 0.3) is 0 Å². The van der Waals surface area contributed by atoms with Gasteiger partial charge in [-0.05, 0) is 56.0 Å². The zero-order chi connectivity index (χ0) is 25.5. The van der Waals surface area contributed by atoms with E-state index in [4.69, 9.17) is 10.7 Å². The van der Waals surface area contributed by atoms with E-state index in [-0.39, 0.29) is 0 Å². The first-order valence-corrected chi connectivity index (χ1v) is 12.7. The van der Waals surface area contributed by atoms with Gasteiger partial charge in [0.2, 0.25) is 0 Å². The highest BCUT2D eigenvalue weighted by Crippen LogP contribution is 2.21. The molecule has 1 aliphatic rings. The molecule has 1 fully saturated rings. The number of anilines is 2. The second kappa shape index (κ2) is 12.0. The van der Waals surface area contributed by atoms with Crippen LogP contribution in [0.4, 0.5) is 11.6 Å². The Morgan fingerprint density at radius 3 is 2.72 bits per heavy atom. The van der Waals surface area contributed by atoms with Crippen molar-refractivity contribution in [2.45, 2.75) is 52.1 Å². The van der Waals surface area contributed by atoms with Crippen molar-refractivity contribution >= 4 is 34.5 Å². The fourth-order valence-corrected chi connectivity index (χ4v) is 4.51. The normalized spacial score (nSPS) is 19.4. The first-order valence-electron chi connectivity index (χ1n) is 12.7. The molecule has 0 bridgehead atoms. The summed E-state index contributed by atoms with van der Waals surface area (Å²) in [7, 11) is 0. The van der Waals surface area contributed by atoms with E-state index < -0.39 is 0 Å². The third kappa shape index (κ3) is 6.83. The number of fused-ring (bicyclic) bond motifs is 1. The van der Waals surface area contributed by atoms with Crippen LogP contribution in [-0.4, -0.2) is 69.5 Å². The Labute approximate surface area is 213 Å². The molecule has 0 amide bonds. The lowest BCUT2D eigenvalue weighted by molar-refractivity contribution is 0.173. The van der Waals surface area contributed by atoms with E-state index in [2.05, 4.69) is 63.4 Å². The van der Waals surface area contributed by atoms with Gasteiger partial charge in [-0.2, -0.15) is 5.10 Å². The van der Waals surface area contributed by atoms with Crippen molar-refractivity contribution in [3.05, 3.63) is 54.0 Å². The van der Waals surface area contributed by atoms with E-state index in [0.717, 1.165) is 60.3 Å². The summed E-state index contributed by atoms with van der Waals surface area (Å²) < 4.78 is 0. The van der Waals surface area contributed by atoms with Crippen molar-refractivity contribution in [3.63, 3.8) is 0 Å². The molecule has 1 saturated heterocycles. The summed E-state index contributed by atoms with van der Waals surface area (Å²) in [5, 5.41) is 15.1. The van der Waals surface area contributed by atoms with Crippen molar-refractivity contribution in [1.29, 1.82) is 0 Å². The summed E-state index contributed by atoms with van der Waals surface area (Å²) in [5.41, 5.74) is 10.3. The molecule has 2 atom stereocenters. The highest BCUT2D eigenvalue weighted by Gasteiger charge is 2.19. The molecule has 4 N–H and O–H groups in total. The molecule has 36 heavy (non-hydrogen) atoms. The van der Waals surface area contributed by atoms with Crippen LogP contribution < -0.4 is 16.4 Å². The Kier molecular flexibility index (Phi) is 8.56. The van der Waals surface area contributed by atoms with Gasteiger partial charge in [-0.25, -0.2) is 4.98 Å². The van der Waals surface area contributed by atoms with E-state index in [0.29, 0.717) is 29.6 Å². The van der Waals surface area contributed by atoms with Gasteiger partial charge in [-0.1, -0.05) is 13.8 Å². The second-order valence-electron chi connectivity index (χ2n) is 9.85. The molecule has 0 aliphatic carbocycles. The fraction of sp³-hybridized carbons (Fsp3) is 0.444. The smallest absolute Gasteiger partial charge is 0.154 e. The lowest BCUT2D eigenvalue weighted by Gasteiger charge is -2.36. The Bertz CT molecular complexity index is 1210. The third-order valence-corrected chi connectivity index (χ3v) is 6.27. The van der Waals surface area contributed by atoms with Gasteiger partial charge in [0.05, 0.1) is 17.2 Å². The number of hydrogen-bond donors (Lipinski definition) is 3. The molecule has 4 rings (SSSR count). The lowest BCUT2D eigenvalue weighted by Crippen LogP contribution is -2.54. The first-order chi connectivity index (χ1) is 17.4. The number of aliphatic imine (C=N–C) groups is 1. The summed E-state index contributed by atoms with van der Waals surface area (Å²) in [5.74, 6) is 1.71. The Balaban J connectivity index is 1.39. The van der Waals surface area contributed by atoms with Crippen molar-refractivity contribution < 1.29 is 0 Å². The van der Waals surface area contributed by atoms with E-state index in [9.17, 15) is 0 Å². The highest BCUT2D eigenvalue weighted by molar-refractivity contribution is 6.10. The number of nitrogens with one attached hydrogen (secondary N) is 2. The number of nitrogens with two attached hydrogens (primary N) is 1. The van der Waals surface area contributed by atoms with Gasteiger partial charge < -0.3 is 21.3 Å². The Morgan fingerprint density at radius 1 is 1.17 bits per heavy atom. The van der Waals surface area contributed by atoms with E-state index in [1.54, 1.807) is 12.4 Å². The maximum absolute atomic E-state index is 5.94. The SMILES string of the molecule is CC(C)c1cnnc(Nc2ccc3ncc(C(C=NCCCN4C[C@@H](C)N[C@@H](C)C4)=CN)cc3n2)c1. The van der Waals surface area contributed by atoms with Crippen LogP contribution in [0, 0.1) is 0 Å². The lowest BCUT2D eigenvalue weighted by atomic mass is 10.1. The number of pyridine rings is 2. The minimum absolute atomic E-state index is 0.370. The largest absolute Gasteiger partial charge is 0.404 e. The molecule has 3 aromatic rings. The van der Waals surface area contributed by atoms with Gasteiger partial charge >= 0.3 is 0 Å². The van der Waals surface area contributed by atoms with Crippen LogP contribution in [0.5, 0.6) is 0 Å². The quantitative estimate of drug-likeness (QED) is 0.309. The van der Waals surface area contributed by atoms with Crippen LogP contribution in [0.15, 0.2) is 47.9 Å². The van der Waals surface area contributed by atoms with Crippen LogP contribution >= 0.6 is 0 Å². The van der Waals surface area contributed by atoms with Gasteiger partial charge in [-0.15, -0.1) is 5.10 Å². The average molecular weight is 488 g/mol. The number of hydrogen-bond acceptors (Lipinski definition) is 9. The summed E-state index contributed by atoms with van der Waals surface area (Å²) in [6.07, 6.45) is 8.01. The Morgan fingerprint density at radius 2 is 1.97 bits per heavy atom. The van der Waals surface area contributed by atoms with Crippen molar-refractivity contribution in [2.24, 2.45) is 10.7 Å².